The average Bonchev–Trinajstić information content (AvgIpc) is 3.18. The molecule has 0 unspecified atom stereocenters. The Kier molecular flexibility index (Phi) is 18.2. The van der Waals surface area contributed by atoms with Crippen LogP contribution < -0.4 is 20.1 Å². The molecule has 2 fully saturated rings. The highest BCUT2D eigenvalue weighted by molar-refractivity contribution is 14.1. The molecular formula is C50H68I2N2O6. The minimum absolute atomic E-state index is 0.142. The number of hydrogen-bond donors (Lipinski definition) is 3. The Morgan fingerprint density at radius 1 is 0.633 bits per heavy atom. The second-order valence-electron chi connectivity index (χ2n) is 18.9. The van der Waals surface area contributed by atoms with Gasteiger partial charge in [-0.1, -0.05) is 65.8 Å². The summed E-state index contributed by atoms with van der Waals surface area (Å²) in [5.74, 6) is 2.62. The van der Waals surface area contributed by atoms with Crippen LogP contribution >= 0.6 is 45.2 Å². The zero-order valence-corrected chi connectivity index (χ0v) is 41.2. The van der Waals surface area contributed by atoms with Crippen LogP contribution in [0.4, 0.5) is 0 Å². The van der Waals surface area contributed by atoms with Gasteiger partial charge < -0.3 is 30.0 Å². The summed E-state index contributed by atoms with van der Waals surface area (Å²) in [4.78, 5) is 22.0. The van der Waals surface area contributed by atoms with Crippen molar-refractivity contribution in [2.45, 2.75) is 138 Å². The number of carboxylic acid groups (broad SMARTS) is 1. The molecule has 0 atom stereocenters. The topological polar surface area (TPSA) is 106 Å². The van der Waals surface area contributed by atoms with Gasteiger partial charge in [-0.15, -0.1) is 0 Å². The lowest BCUT2D eigenvalue weighted by atomic mass is 9.72. The first kappa shape index (κ1) is 48.4. The first-order chi connectivity index (χ1) is 28.5. The molecule has 4 aromatic carbocycles. The van der Waals surface area contributed by atoms with Crippen LogP contribution in [0.1, 0.15) is 124 Å². The number of hydrogen-bond acceptors (Lipinski definition) is 7. The van der Waals surface area contributed by atoms with E-state index in [9.17, 15) is 9.59 Å². The summed E-state index contributed by atoms with van der Waals surface area (Å²) in [6, 6.07) is 21.6. The highest BCUT2D eigenvalue weighted by Gasteiger charge is 2.31. The Bertz CT molecular complexity index is 2020. The van der Waals surface area contributed by atoms with Crippen molar-refractivity contribution in [2.24, 2.45) is 22.7 Å². The molecule has 2 aliphatic rings. The molecule has 0 heterocycles. The van der Waals surface area contributed by atoms with Gasteiger partial charge >= 0.3 is 11.9 Å². The summed E-state index contributed by atoms with van der Waals surface area (Å²) >= 11 is 4.79. The van der Waals surface area contributed by atoms with Crippen molar-refractivity contribution in [2.75, 3.05) is 19.7 Å². The van der Waals surface area contributed by atoms with Crippen LogP contribution in [0.15, 0.2) is 60.7 Å². The quantitative estimate of drug-likeness (QED) is 0.0614. The van der Waals surface area contributed by atoms with Crippen LogP contribution in [0.2, 0.25) is 0 Å². The number of carbonyl (C=O) groups is 2. The lowest BCUT2D eigenvalue weighted by molar-refractivity contribution is -0.143. The summed E-state index contributed by atoms with van der Waals surface area (Å²) in [5, 5.41) is 20.1. The fraction of sp³-hybridized carbons (Fsp3) is 0.560. The fourth-order valence-electron chi connectivity index (χ4n) is 8.59. The van der Waals surface area contributed by atoms with Gasteiger partial charge in [0.05, 0.1) is 31.7 Å². The fourth-order valence-corrected chi connectivity index (χ4v) is 10.1. The van der Waals surface area contributed by atoms with Crippen LogP contribution in [0, 0.1) is 29.8 Å². The van der Waals surface area contributed by atoms with Crippen molar-refractivity contribution < 1.29 is 28.9 Å². The van der Waals surface area contributed by atoms with Crippen LogP contribution in [-0.2, 0) is 27.4 Å². The van der Waals surface area contributed by atoms with E-state index < -0.39 is 5.97 Å². The zero-order valence-electron chi connectivity index (χ0n) is 36.9. The second kappa shape index (κ2) is 22.6. The highest BCUT2D eigenvalue weighted by atomic mass is 127. The van der Waals surface area contributed by atoms with E-state index in [0.717, 1.165) is 61.1 Å². The minimum atomic E-state index is -0.773. The molecule has 0 amide bonds. The number of nitrogens with one attached hydrogen (secondary N) is 2. The molecule has 0 saturated heterocycles. The van der Waals surface area contributed by atoms with E-state index in [2.05, 4.69) is 158 Å². The normalized spacial score (nSPS) is 19.7. The van der Waals surface area contributed by atoms with Crippen LogP contribution in [0.5, 0.6) is 11.5 Å². The monoisotopic (exact) mass is 1050 g/mol. The molecule has 60 heavy (non-hydrogen) atoms. The molecular weight excluding hydrogens is 978 g/mol. The maximum absolute atomic E-state index is 11.4. The predicted octanol–water partition coefficient (Wildman–Crippen LogP) is 12.5. The average molecular weight is 1050 g/mol. The van der Waals surface area contributed by atoms with E-state index in [4.69, 9.17) is 19.3 Å². The number of esters is 1. The molecule has 6 rings (SSSR count). The molecule has 2 aliphatic carbocycles. The van der Waals surface area contributed by atoms with E-state index in [1.54, 1.807) is 0 Å². The summed E-state index contributed by atoms with van der Waals surface area (Å²) < 4.78 is 20.1. The van der Waals surface area contributed by atoms with Gasteiger partial charge in [-0.2, -0.15) is 0 Å². The smallest absolute Gasteiger partial charge is 0.307 e. The standard InChI is InChI=1S/C26H36INO3.C24H32INO3/c1-5-30-25(29)12-13-28-17-18-6-7-19-15-22(16-24(27)23(19)14-18)31-21-10-8-20(9-11-21)26(2,3)4;1-24(2,3)18-6-8-19(9-7-18)29-20-13-17-5-4-16(12-21(17)22(25)14-20)15-26-11-10-23(27)28/h6-7,14-16,20-21,28H,5,8-13,17H2,1-4H3;4-5,12-14,18-19,26H,6-11,15H2,1-3H3,(H,27,28). The van der Waals surface area contributed by atoms with Gasteiger partial charge in [-0.25, -0.2) is 0 Å². The van der Waals surface area contributed by atoms with Crippen molar-refractivity contribution in [3.63, 3.8) is 0 Å². The number of aliphatic carboxylic acids is 1. The molecule has 0 aromatic heterocycles. The second-order valence-corrected chi connectivity index (χ2v) is 21.2. The maximum atomic E-state index is 11.4. The van der Waals surface area contributed by atoms with Gasteiger partial charge in [0.2, 0.25) is 0 Å². The van der Waals surface area contributed by atoms with Gasteiger partial charge in [0.1, 0.15) is 11.5 Å². The van der Waals surface area contributed by atoms with Crippen LogP contribution in [0.3, 0.4) is 0 Å². The Hall–Kier alpha value is -2.68. The van der Waals surface area contributed by atoms with Crippen molar-refractivity contribution in [1.29, 1.82) is 0 Å². The number of benzene rings is 4. The van der Waals surface area contributed by atoms with Crippen molar-refractivity contribution >= 4 is 78.7 Å². The molecule has 0 radical (unpaired) electrons. The third-order valence-corrected chi connectivity index (χ3v) is 14.1. The molecule has 4 aromatic rings. The van der Waals surface area contributed by atoms with Gasteiger partial charge in [0.25, 0.3) is 0 Å². The van der Waals surface area contributed by atoms with E-state index in [1.165, 1.54) is 59.9 Å². The summed E-state index contributed by atoms with van der Waals surface area (Å²) in [6.45, 7) is 18.9. The van der Waals surface area contributed by atoms with Gasteiger partial charge in [0, 0.05) is 33.3 Å². The highest BCUT2D eigenvalue weighted by Crippen LogP contribution is 2.41. The third-order valence-electron chi connectivity index (χ3n) is 12.3. The molecule has 2 saturated carbocycles. The first-order valence-electron chi connectivity index (χ1n) is 22.0. The van der Waals surface area contributed by atoms with E-state index >= 15 is 0 Å². The predicted molar refractivity (Wildman–Crippen MR) is 262 cm³/mol. The lowest BCUT2D eigenvalue weighted by Gasteiger charge is -2.37. The number of fused-ring (bicyclic) bond motifs is 2. The minimum Gasteiger partial charge on any atom is -0.490 e. The maximum Gasteiger partial charge on any atom is 0.307 e. The van der Waals surface area contributed by atoms with Gasteiger partial charge in [-0.3, -0.25) is 9.59 Å². The number of carbonyl (C=O) groups excluding carboxylic acids is 1. The van der Waals surface area contributed by atoms with Crippen LogP contribution in [-0.4, -0.2) is 48.9 Å². The Labute approximate surface area is 386 Å². The number of halogens is 2. The first-order valence-corrected chi connectivity index (χ1v) is 24.2. The Morgan fingerprint density at radius 2 is 1.05 bits per heavy atom. The number of rotatable bonds is 15. The summed E-state index contributed by atoms with van der Waals surface area (Å²) in [5.41, 5.74) is 3.16. The van der Waals surface area contributed by atoms with Gasteiger partial charge in [0.15, 0.2) is 0 Å². The zero-order chi connectivity index (χ0) is 43.5. The Morgan fingerprint density at radius 3 is 1.43 bits per heavy atom. The summed E-state index contributed by atoms with van der Waals surface area (Å²) in [7, 11) is 0. The third kappa shape index (κ3) is 15.0. The molecule has 8 nitrogen and oxygen atoms in total. The van der Waals surface area contributed by atoms with E-state index in [1.807, 2.05) is 6.92 Å². The number of carboxylic acids is 1. The summed E-state index contributed by atoms with van der Waals surface area (Å²) in [6.07, 6.45) is 10.8. The molecule has 3 N–H and O–H groups in total. The van der Waals surface area contributed by atoms with Crippen molar-refractivity contribution in [3.8, 4) is 11.5 Å². The molecule has 0 bridgehead atoms. The molecule has 10 heteroatoms. The van der Waals surface area contributed by atoms with E-state index in [-0.39, 0.29) is 12.4 Å². The number of ether oxygens (including phenoxy) is 3. The Balaban J connectivity index is 0.000000228. The van der Waals surface area contributed by atoms with E-state index in [0.29, 0.717) is 55.7 Å². The largest absolute Gasteiger partial charge is 0.490 e. The molecule has 0 aliphatic heterocycles. The van der Waals surface area contributed by atoms with Crippen molar-refractivity contribution in [1.82, 2.24) is 10.6 Å². The SMILES string of the molecule is CC(C)(C)C1CCC(Oc2cc(I)c3cc(CNCCC(=O)O)ccc3c2)CC1.CCOC(=O)CCNCc1ccc2cc(OC3CCC(C(C)(C)C)CC3)cc(I)c2c1. The molecule has 0 spiro atoms. The van der Waals surface area contributed by atoms with Crippen molar-refractivity contribution in [3.05, 3.63) is 78.9 Å². The van der Waals surface area contributed by atoms with Gasteiger partial charge in [-0.05, 0) is 195 Å². The van der Waals surface area contributed by atoms with Crippen LogP contribution in [0.25, 0.3) is 21.5 Å². The molecule has 328 valence electrons. The lowest BCUT2D eigenvalue weighted by Crippen LogP contribution is -2.30.